The van der Waals surface area contributed by atoms with Gasteiger partial charge in [-0.3, -0.25) is 4.68 Å². The smallest absolute Gasteiger partial charge is 0.128 e. The maximum absolute atomic E-state index is 6.69. The van der Waals surface area contributed by atoms with Crippen molar-refractivity contribution in [2.75, 3.05) is 26.2 Å². The van der Waals surface area contributed by atoms with Gasteiger partial charge in [-0.25, -0.2) is 4.98 Å². The molecule has 2 aromatic heterocycles. The van der Waals surface area contributed by atoms with Gasteiger partial charge in [0.2, 0.25) is 0 Å². The first-order chi connectivity index (χ1) is 18.4. The first-order valence-corrected chi connectivity index (χ1v) is 13.4. The van der Waals surface area contributed by atoms with E-state index in [9.17, 15) is 0 Å². The fraction of sp³-hybridized carbons (Fsp3) is 0.300. The van der Waals surface area contributed by atoms with Crippen LogP contribution in [0.3, 0.4) is 0 Å². The Morgan fingerprint density at radius 2 is 1.74 bits per heavy atom. The van der Waals surface area contributed by atoms with Gasteiger partial charge in [0, 0.05) is 55.9 Å². The normalized spacial score (nSPS) is 13.8. The molecule has 1 aliphatic rings. The molecule has 1 fully saturated rings. The number of nitrogens with two attached hydrogens (primary N) is 1. The van der Waals surface area contributed by atoms with Crippen LogP contribution in [0.5, 0.6) is 0 Å². The summed E-state index contributed by atoms with van der Waals surface area (Å²) in [6.07, 6.45) is 3.00. The molecule has 2 aromatic carbocycles. The highest BCUT2D eigenvalue weighted by Gasteiger charge is 2.22. The number of rotatable bonds is 8. The number of pyridine rings is 1. The van der Waals surface area contributed by atoms with Crippen LogP contribution in [0.4, 0.5) is 0 Å². The van der Waals surface area contributed by atoms with E-state index in [1.807, 2.05) is 23.0 Å². The van der Waals surface area contributed by atoms with Crippen LogP contribution in [0.25, 0.3) is 33.6 Å². The standard InChI is InChI=1S/C30H34ClN7/c1-5-10-38-19-30(34-35-38)22(4)37-13-11-36(12-14-37)21(3)23-8-9-26-27(31)17-28(33-29(26)16-23)24-7-6-20(2)25(15-24)18-32/h6-9,15-17,19H,3-5,10-14,18,32H2,1-2H3. The zero-order valence-electron chi connectivity index (χ0n) is 22.1. The molecule has 196 valence electrons. The number of benzene rings is 2. The molecule has 0 atom stereocenters. The quantitative estimate of drug-likeness (QED) is 0.322. The molecule has 0 amide bonds. The van der Waals surface area contributed by atoms with E-state index >= 15 is 0 Å². The maximum atomic E-state index is 6.69. The molecule has 1 saturated heterocycles. The Labute approximate surface area is 229 Å². The maximum Gasteiger partial charge on any atom is 0.128 e. The Morgan fingerprint density at radius 3 is 2.45 bits per heavy atom. The van der Waals surface area contributed by atoms with Gasteiger partial charge in [-0.05, 0) is 48.2 Å². The Kier molecular flexibility index (Phi) is 7.49. The molecule has 0 bridgehead atoms. The van der Waals surface area contributed by atoms with Crippen molar-refractivity contribution in [1.82, 2.24) is 29.8 Å². The molecule has 5 rings (SSSR count). The average Bonchev–Trinajstić information content (AvgIpc) is 3.41. The minimum absolute atomic E-state index is 0.491. The summed E-state index contributed by atoms with van der Waals surface area (Å²) in [5.74, 6) is 0. The Bertz CT molecular complexity index is 1500. The highest BCUT2D eigenvalue weighted by Crippen LogP contribution is 2.32. The van der Waals surface area contributed by atoms with Gasteiger partial charge in [0.25, 0.3) is 0 Å². The van der Waals surface area contributed by atoms with Crippen molar-refractivity contribution in [2.24, 2.45) is 5.73 Å². The van der Waals surface area contributed by atoms with Crippen molar-refractivity contribution >= 4 is 33.9 Å². The summed E-state index contributed by atoms with van der Waals surface area (Å²) in [6.45, 7) is 17.6. The number of hydrogen-bond donors (Lipinski definition) is 1. The van der Waals surface area contributed by atoms with Gasteiger partial charge >= 0.3 is 0 Å². The predicted molar refractivity (Wildman–Crippen MR) is 156 cm³/mol. The lowest BCUT2D eigenvalue weighted by molar-refractivity contribution is 0.239. The second kappa shape index (κ2) is 11.0. The van der Waals surface area contributed by atoms with Crippen molar-refractivity contribution < 1.29 is 0 Å². The van der Waals surface area contributed by atoms with Gasteiger partial charge < -0.3 is 15.5 Å². The van der Waals surface area contributed by atoms with E-state index in [1.54, 1.807) is 0 Å². The monoisotopic (exact) mass is 527 g/mol. The number of nitrogens with zero attached hydrogens (tertiary/aromatic N) is 6. The molecule has 38 heavy (non-hydrogen) atoms. The number of aromatic nitrogens is 4. The minimum Gasteiger partial charge on any atom is -0.368 e. The Balaban J connectivity index is 1.32. The number of halogens is 1. The van der Waals surface area contributed by atoms with Gasteiger partial charge in [0.15, 0.2) is 0 Å². The molecule has 0 radical (unpaired) electrons. The van der Waals surface area contributed by atoms with Gasteiger partial charge in [-0.1, -0.05) is 61.2 Å². The first-order valence-electron chi connectivity index (χ1n) is 13.1. The summed E-state index contributed by atoms with van der Waals surface area (Å²) in [5.41, 5.74) is 14.7. The second-order valence-electron chi connectivity index (χ2n) is 9.80. The predicted octanol–water partition coefficient (Wildman–Crippen LogP) is 5.58. The van der Waals surface area contributed by atoms with Crippen LogP contribution in [0, 0.1) is 6.92 Å². The van der Waals surface area contributed by atoms with E-state index in [-0.39, 0.29) is 0 Å². The van der Waals surface area contributed by atoms with Crippen LogP contribution in [0.2, 0.25) is 5.02 Å². The van der Waals surface area contributed by atoms with Crippen LogP contribution >= 0.6 is 11.6 Å². The van der Waals surface area contributed by atoms with Crippen molar-refractivity contribution in [2.45, 2.75) is 33.4 Å². The molecule has 0 unspecified atom stereocenters. The van der Waals surface area contributed by atoms with Gasteiger partial charge in [0.1, 0.15) is 5.69 Å². The van der Waals surface area contributed by atoms with Gasteiger partial charge in [-0.15, -0.1) is 5.10 Å². The number of fused-ring (bicyclic) bond motifs is 1. The Hall–Kier alpha value is -3.68. The van der Waals surface area contributed by atoms with Crippen LogP contribution in [-0.4, -0.2) is 56.0 Å². The molecule has 0 aliphatic carbocycles. The Morgan fingerprint density at radius 1 is 1.00 bits per heavy atom. The van der Waals surface area contributed by atoms with Crippen LogP contribution < -0.4 is 5.73 Å². The molecular formula is C30H34ClN7. The van der Waals surface area contributed by atoms with Crippen molar-refractivity contribution in [3.8, 4) is 11.3 Å². The summed E-state index contributed by atoms with van der Waals surface area (Å²) >= 11 is 6.69. The largest absolute Gasteiger partial charge is 0.368 e. The van der Waals surface area contributed by atoms with Crippen LogP contribution in [-0.2, 0) is 13.1 Å². The van der Waals surface area contributed by atoms with E-state index in [0.29, 0.717) is 11.6 Å². The van der Waals surface area contributed by atoms with Crippen molar-refractivity contribution in [3.05, 3.63) is 89.2 Å². The lowest BCUT2D eigenvalue weighted by Crippen LogP contribution is -2.44. The SMILES string of the molecule is C=C(c1ccc2c(Cl)cc(-c3ccc(C)c(CN)c3)nc2c1)N1CCN(C(=C)c2cn(CCC)nn2)CC1. The number of piperazine rings is 1. The second-order valence-corrected chi connectivity index (χ2v) is 10.2. The number of aryl methyl sites for hydroxylation is 2. The molecule has 4 aromatic rings. The summed E-state index contributed by atoms with van der Waals surface area (Å²) < 4.78 is 1.88. The highest BCUT2D eigenvalue weighted by atomic mass is 35.5. The van der Waals surface area contributed by atoms with Gasteiger partial charge in [0.05, 0.1) is 28.1 Å². The van der Waals surface area contributed by atoms with Gasteiger partial charge in [-0.2, -0.15) is 0 Å². The minimum atomic E-state index is 0.491. The van der Waals surface area contributed by atoms with Crippen molar-refractivity contribution in [1.29, 1.82) is 0 Å². The fourth-order valence-corrected chi connectivity index (χ4v) is 5.19. The molecule has 0 saturated carbocycles. The van der Waals surface area contributed by atoms with Crippen molar-refractivity contribution in [3.63, 3.8) is 0 Å². The molecular weight excluding hydrogens is 494 g/mol. The highest BCUT2D eigenvalue weighted by molar-refractivity contribution is 6.35. The zero-order chi connectivity index (χ0) is 26.8. The number of hydrogen-bond acceptors (Lipinski definition) is 6. The third-order valence-corrected chi connectivity index (χ3v) is 7.60. The molecule has 7 nitrogen and oxygen atoms in total. The average molecular weight is 528 g/mol. The molecule has 1 aliphatic heterocycles. The molecule has 3 heterocycles. The van der Waals surface area contributed by atoms with E-state index in [2.05, 4.69) is 77.4 Å². The van der Waals surface area contributed by atoms with Crippen LogP contribution in [0.1, 0.15) is 35.7 Å². The molecule has 8 heteroatoms. The third-order valence-electron chi connectivity index (χ3n) is 7.29. The third kappa shape index (κ3) is 5.17. The van der Waals surface area contributed by atoms with E-state index in [4.69, 9.17) is 22.3 Å². The topological polar surface area (TPSA) is 76.1 Å². The lowest BCUT2D eigenvalue weighted by atomic mass is 10.0. The summed E-state index contributed by atoms with van der Waals surface area (Å²) in [7, 11) is 0. The molecule has 0 spiro atoms. The molecule has 2 N–H and O–H groups in total. The fourth-order valence-electron chi connectivity index (χ4n) is 4.92. The summed E-state index contributed by atoms with van der Waals surface area (Å²) in [4.78, 5) is 9.55. The summed E-state index contributed by atoms with van der Waals surface area (Å²) in [6, 6.07) is 14.4. The van der Waals surface area contributed by atoms with E-state index in [1.165, 1.54) is 5.56 Å². The summed E-state index contributed by atoms with van der Waals surface area (Å²) in [5, 5.41) is 10.1. The lowest BCUT2D eigenvalue weighted by Gasteiger charge is -2.38. The first kappa shape index (κ1) is 25.9. The zero-order valence-corrected chi connectivity index (χ0v) is 22.9. The van der Waals surface area contributed by atoms with E-state index in [0.717, 1.165) is 89.5 Å². The van der Waals surface area contributed by atoms with E-state index < -0.39 is 0 Å². The van der Waals surface area contributed by atoms with Crippen LogP contribution in [0.15, 0.2) is 61.8 Å².